The Morgan fingerprint density at radius 2 is 2.22 bits per heavy atom. The van der Waals surface area contributed by atoms with Crippen molar-refractivity contribution in [3.8, 4) is 5.75 Å². The number of hydrogen-bond donors (Lipinski definition) is 1. The summed E-state index contributed by atoms with van der Waals surface area (Å²) in [5.74, 6) is 1.89. The molecular formula is C13H17ClN2O2. The Balaban J connectivity index is 2.45. The molecule has 5 heteroatoms. The molecule has 1 aromatic carbocycles. The lowest BCUT2D eigenvalue weighted by Gasteiger charge is -2.09. The summed E-state index contributed by atoms with van der Waals surface area (Å²) in [7, 11) is 0. The van der Waals surface area contributed by atoms with Crippen LogP contribution in [-0.2, 0) is 12.4 Å². The molecule has 0 aliphatic rings. The van der Waals surface area contributed by atoms with Crippen LogP contribution in [0.4, 0.5) is 0 Å². The fourth-order valence-electron chi connectivity index (χ4n) is 1.96. The van der Waals surface area contributed by atoms with Gasteiger partial charge in [0.1, 0.15) is 11.6 Å². The Labute approximate surface area is 111 Å². The molecule has 0 saturated carbocycles. The van der Waals surface area contributed by atoms with Crippen molar-refractivity contribution in [2.75, 3.05) is 6.61 Å². The van der Waals surface area contributed by atoms with Gasteiger partial charge < -0.3 is 14.4 Å². The van der Waals surface area contributed by atoms with Crippen LogP contribution >= 0.6 is 11.6 Å². The Hall–Kier alpha value is -1.26. The molecule has 0 aliphatic carbocycles. The minimum absolute atomic E-state index is 0.0690. The first-order valence-corrected chi connectivity index (χ1v) is 6.51. The van der Waals surface area contributed by atoms with Gasteiger partial charge in [0.05, 0.1) is 29.6 Å². The quantitative estimate of drug-likeness (QED) is 0.848. The van der Waals surface area contributed by atoms with Crippen LogP contribution in [-0.4, -0.2) is 27.4 Å². The second kappa shape index (κ2) is 5.59. The average Bonchev–Trinajstić information content (AvgIpc) is 2.66. The van der Waals surface area contributed by atoms with Crippen LogP contribution in [0.25, 0.3) is 11.0 Å². The van der Waals surface area contributed by atoms with Gasteiger partial charge in [-0.15, -0.1) is 11.6 Å². The minimum atomic E-state index is 0.0690. The third kappa shape index (κ3) is 2.60. The number of aliphatic hydroxyl groups excluding tert-OH is 1. The van der Waals surface area contributed by atoms with E-state index in [2.05, 4.69) is 4.98 Å². The third-order valence-corrected chi connectivity index (χ3v) is 2.85. The number of fused-ring (bicyclic) bond motifs is 1. The summed E-state index contributed by atoms with van der Waals surface area (Å²) in [6.07, 6.45) is 0.134. The predicted molar refractivity (Wildman–Crippen MR) is 72.1 cm³/mol. The molecule has 2 rings (SSSR count). The molecule has 18 heavy (non-hydrogen) atoms. The first-order valence-electron chi connectivity index (χ1n) is 5.98. The maximum absolute atomic E-state index is 9.07. The molecule has 98 valence electrons. The molecular weight excluding hydrogens is 252 g/mol. The van der Waals surface area contributed by atoms with E-state index in [1.165, 1.54) is 0 Å². The summed E-state index contributed by atoms with van der Waals surface area (Å²) in [5, 5.41) is 9.07. The summed E-state index contributed by atoms with van der Waals surface area (Å²) in [5.41, 5.74) is 1.81. The average molecular weight is 269 g/mol. The summed E-state index contributed by atoms with van der Waals surface area (Å²) in [4.78, 5) is 4.46. The molecule has 0 amide bonds. The van der Waals surface area contributed by atoms with E-state index in [-0.39, 0.29) is 12.7 Å². The lowest BCUT2D eigenvalue weighted by Crippen LogP contribution is -2.06. The van der Waals surface area contributed by atoms with E-state index < -0.39 is 0 Å². The minimum Gasteiger partial charge on any atom is -0.491 e. The van der Waals surface area contributed by atoms with E-state index in [1.807, 2.05) is 36.6 Å². The van der Waals surface area contributed by atoms with Gasteiger partial charge in [0, 0.05) is 12.6 Å². The standard InChI is InChI=1S/C13H17ClN2O2/c1-9(2)18-10-3-4-12-11(7-10)15-13(8-14)16(12)5-6-17/h3-4,7,9,17H,5-6,8H2,1-2H3. The van der Waals surface area contributed by atoms with E-state index in [0.717, 1.165) is 22.6 Å². The lowest BCUT2D eigenvalue weighted by atomic mass is 10.3. The van der Waals surface area contributed by atoms with Crippen molar-refractivity contribution in [3.63, 3.8) is 0 Å². The normalized spacial score (nSPS) is 11.4. The van der Waals surface area contributed by atoms with E-state index >= 15 is 0 Å². The van der Waals surface area contributed by atoms with Crippen LogP contribution in [0, 0.1) is 0 Å². The fraction of sp³-hybridized carbons (Fsp3) is 0.462. The fourth-order valence-corrected chi connectivity index (χ4v) is 2.16. The van der Waals surface area contributed by atoms with Crippen LogP contribution in [0.5, 0.6) is 5.75 Å². The molecule has 0 bridgehead atoms. The van der Waals surface area contributed by atoms with Crippen LogP contribution < -0.4 is 4.74 Å². The molecule has 1 aromatic heterocycles. The van der Waals surface area contributed by atoms with Crippen molar-refractivity contribution in [1.82, 2.24) is 9.55 Å². The highest BCUT2D eigenvalue weighted by Gasteiger charge is 2.10. The van der Waals surface area contributed by atoms with Gasteiger partial charge in [0.15, 0.2) is 0 Å². The topological polar surface area (TPSA) is 47.3 Å². The smallest absolute Gasteiger partial charge is 0.124 e. The Kier molecular flexibility index (Phi) is 4.09. The van der Waals surface area contributed by atoms with Crippen LogP contribution in [0.2, 0.25) is 0 Å². The van der Waals surface area contributed by atoms with Crippen molar-refractivity contribution in [2.45, 2.75) is 32.4 Å². The zero-order chi connectivity index (χ0) is 13.1. The Morgan fingerprint density at radius 3 is 2.83 bits per heavy atom. The number of alkyl halides is 1. The summed E-state index contributed by atoms with van der Waals surface area (Å²) < 4.78 is 7.57. The van der Waals surface area contributed by atoms with E-state index in [4.69, 9.17) is 21.4 Å². The first kappa shape index (κ1) is 13.2. The third-order valence-electron chi connectivity index (χ3n) is 2.61. The van der Waals surface area contributed by atoms with Gasteiger partial charge in [-0.3, -0.25) is 0 Å². The van der Waals surface area contributed by atoms with Crippen molar-refractivity contribution in [3.05, 3.63) is 24.0 Å². The molecule has 0 radical (unpaired) electrons. The zero-order valence-electron chi connectivity index (χ0n) is 10.6. The number of aromatic nitrogens is 2. The van der Waals surface area contributed by atoms with Gasteiger partial charge in [-0.25, -0.2) is 4.98 Å². The van der Waals surface area contributed by atoms with E-state index in [0.29, 0.717) is 12.4 Å². The molecule has 2 aromatic rings. The van der Waals surface area contributed by atoms with Crippen LogP contribution in [0.15, 0.2) is 18.2 Å². The zero-order valence-corrected chi connectivity index (χ0v) is 11.3. The molecule has 4 nitrogen and oxygen atoms in total. The summed E-state index contributed by atoms with van der Waals surface area (Å²) >= 11 is 5.87. The van der Waals surface area contributed by atoms with Crippen molar-refractivity contribution < 1.29 is 9.84 Å². The van der Waals surface area contributed by atoms with Gasteiger partial charge in [-0.1, -0.05) is 0 Å². The number of aliphatic hydroxyl groups is 1. The highest BCUT2D eigenvalue weighted by Crippen LogP contribution is 2.23. The van der Waals surface area contributed by atoms with Crippen molar-refractivity contribution in [2.24, 2.45) is 0 Å². The molecule has 0 spiro atoms. The number of hydrogen-bond acceptors (Lipinski definition) is 3. The van der Waals surface area contributed by atoms with Gasteiger partial charge in [-0.2, -0.15) is 0 Å². The van der Waals surface area contributed by atoms with Crippen molar-refractivity contribution >= 4 is 22.6 Å². The number of imidazole rings is 1. The highest BCUT2D eigenvalue weighted by atomic mass is 35.5. The van der Waals surface area contributed by atoms with E-state index in [9.17, 15) is 0 Å². The van der Waals surface area contributed by atoms with Gasteiger partial charge >= 0.3 is 0 Å². The maximum atomic E-state index is 9.07. The largest absolute Gasteiger partial charge is 0.491 e. The summed E-state index contributed by atoms with van der Waals surface area (Å²) in [6.45, 7) is 4.54. The van der Waals surface area contributed by atoms with Crippen molar-refractivity contribution in [1.29, 1.82) is 0 Å². The van der Waals surface area contributed by atoms with Crippen LogP contribution in [0.1, 0.15) is 19.7 Å². The molecule has 0 aliphatic heterocycles. The molecule has 1 N–H and O–H groups in total. The number of rotatable bonds is 5. The van der Waals surface area contributed by atoms with E-state index in [1.54, 1.807) is 0 Å². The maximum Gasteiger partial charge on any atom is 0.124 e. The predicted octanol–water partition coefficient (Wildman–Crippen LogP) is 2.55. The second-order valence-corrected chi connectivity index (χ2v) is 4.62. The first-order chi connectivity index (χ1) is 8.65. The number of benzene rings is 1. The molecule has 0 saturated heterocycles. The SMILES string of the molecule is CC(C)Oc1ccc2c(c1)nc(CCl)n2CCO. The highest BCUT2D eigenvalue weighted by molar-refractivity contribution is 6.16. The monoisotopic (exact) mass is 268 g/mol. The lowest BCUT2D eigenvalue weighted by molar-refractivity contribution is 0.242. The summed E-state index contributed by atoms with van der Waals surface area (Å²) in [6, 6.07) is 5.76. The Morgan fingerprint density at radius 1 is 1.44 bits per heavy atom. The molecule has 0 atom stereocenters. The Bertz CT molecular complexity index is 537. The molecule has 0 fully saturated rings. The number of ether oxygens (including phenoxy) is 1. The van der Waals surface area contributed by atoms with Gasteiger partial charge in [-0.05, 0) is 26.0 Å². The molecule has 1 heterocycles. The number of nitrogens with zero attached hydrogens (tertiary/aromatic N) is 2. The van der Waals surface area contributed by atoms with Gasteiger partial charge in [0.2, 0.25) is 0 Å². The van der Waals surface area contributed by atoms with Crippen LogP contribution in [0.3, 0.4) is 0 Å². The molecule has 0 unspecified atom stereocenters. The number of halogens is 1. The second-order valence-electron chi connectivity index (χ2n) is 4.35. The van der Waals surface area contributed by atoms with Gasteiger partial charge in [0.25, 0.3) is 0 Å².